The van der Waals surface area contributed by atoms with Gasteiger partial charge < -0.3 is 20.3 Å². The molecule has 6 nitrogen and oxygen atoms in total. The van der Waals surface area contributed by atoms with E-state index in [0.29, 0.717) is 26.1 Å². The van der Waals surface area contributed by atoms with Crippen molar-refractivity contribution in [2.75, 3.05) is 32.8 Å². The molecule has 2 amide bonds. The second-order valence-electron chi connectivity index (χ2n) is 6.10. The number of amides is 2. The molecule has 2 unspecified atom stereocenters. The molecule has 3 rings (SSSR count). The van der Waals surface area contributed by atoms with E-state index in [4.69, 9.17) is 4.74 Å². The van der Waals surface area contributed by atoms with Crippen molar-refractivity contribution in [3.8, 4) is 5.75 Å². The fourth-order valence-electron chi connectivity index (χ4n) is 3.07. The lowest BCUT2D eigenvalue weighted by molar-refractivity contribution is -0.128. The molecule has 24 heavy (non-hydrogen) atoms. The molecule has 0 spiro atoms. The summed E-state index contributed by atoms with van der Waals surface area (Å²) in [6, 6.07) is 9.48. The minimum absolute atomic E-state index is 0. The second-order valence-corrected chi connectivity index (χ2v) is 6.10. The zero-order valence-corrected chi connectivity index (χ0v) is 14.4. The van der Waals surface area contributed by atoms with Crippen molar-refractivity contribution < 1.29 is 14.3 Å². The van der Waals surface area contributed by atoms with E-state index in [2.05, 4.69) is 10.6 Å². The number of likely N-dealkylation sites (tertiary alicyclic amines) is 1. The highest BCUT2D eigenvalue weighted by Crippen LogP contribution is 2.14. The summed E-state index contributed by atoms with van der Waals surface area (Å²) in [7, 11) is 0. The number of carbonyl (C=O) groups is 2. The Bertz CT molecular complexity index is 549. The van der Waals surface area contributed by atoms with Crippen molar-refractivity contribution in [2.45, 2.75) is 18.9 Å². The van der Waals surface area contributed by atoms with Crippen molar-refractivity contribution >= 4 is 24.2 Å². The Morgan fingerprint density at radius 3 is 2.83 bits per heavy atom. The maximum Gasteiger partial charge on any atom is 0.224 e. The summed E-state index contributed by atoms with van der Waals surface area (Å²) in [6.07, 6.45) is 1.26. The van der Waals surface area contributed by atoms with Crippen LogP contribution in [0.1, 0.15) is 12.8 Å². The molecule has 0 bridgehead atoms. The summed E-state index contributed by atoms with van der Waals surface area (Å²) in [5, 5.41) is 6.19. The van der Waals surface area contributed by atoms with E-state index in [1.807, 2.05) is 30.3 Å². The molecule has 7 heteroatoms. The fraction of sp³-hybridized carbons (Fsp3) is 0.529. The molecule has 2 fully saturated rings. The van der Waals surface area contributed by atoms with E-state index in [-0.39, 0.29) is 36.2 Å². The standard InChI is InChI=1S/C17H23N3O3.ClH/c21-16-10-14(19-17(22)13-6-7-18-11-13)12-20(16)8-9-23-15-4-2-1-3-5-15;/h1-5,13-14,18H,6-12H2,(H,19,22);1H. The van der Waals surface area contributed by atoms with Gasteiger partial charge in [0.1, 0.15) is 12.4 Å². The molecule has 1 aromatic rings. The Kier molecular flexibility index (Phi) is 6.87. The third-order valence-electron chi connectivity index (χ3n) is 4.37. The summed E-state index contributed by atoms with van der Waals surface area (Å²) >= 11 is 0. The third kappa shape index (κ3) is 4.85. The smallest absolute Gasteiger partial charge is 0.224 e. The van der Waals surface area contributed by atoms with Crippen LogP contribution in [0.3, 0.4) is 0 Å². The first-order chi connectivity index (χ1) is 11.2. The molecule has 0 aliphatic carbocycles. The van der Waals surface area contributed by atoms with Gasteiger partial charge in [0.2, 0.25) is 11.8 Å². The van der Waals surface area contributed by atoms with Gasteiger partial charge in [0.25, 0.3) is 0 Å². The average Bonchev–Trinajstić information content (AvgIpc) is 3.19. The van der Waals surface area contributed by atoms with Crippen LogP contribution >= 0.6 is 12.4 Å². The Morgan fingerprint density at radius 2 is 2.12 bits per heavy atom. The number of rotatable bonds is 6. The number of benzene rings is 1. The van der Waals surface area contributed by atoms with E-state index in [1.54, 1.807) is 4.90 Å². The predicted molar refractivity (Wildman–Crippen MR) is 93.3 cm³/mol. The highest BCUT2D eigenvalue weighted by atomic mass is 35.5. The molecule has 132 valence electrons. The number of carbonyl (C=O) groups excluding carboxylic acids is 2. The summed E-state index contributed by atoms with van der Waals surface area (Å²) < 4.78 is 5.62. The molecule has 2 aliphatic rings. The van der Waals surface area contributed by atoms with Crippen LogP contribution in [-0.2, 0) is 9.59 Å². The molecule has 2 atom stereocenters. The van der Waals surface area contributed by atoms with Crippen molar-refractivity contribution in [2.24, 2.45) is 5.92 Å². The maximum absolute atomic E-state index is 12.1. The van der Waals surface area contributed by atoms with Gasteiger partial charge in [-0.15, -0.1) is 12.4 Å². The topological polar surface area (TPSA) is 70.7 Å². The van der Waals surface area contributed by atoms with Crippen LogP contribution in [0, 0.1) is 5.92 Å². The SMILES string of the molecule is Cl.O=C(NC1CC(=O)N(CCOc2ccccc2)C1)C1CCNC1. The molecular weight excluding hydrogens is 330 g/mol. The lowest BCUT2D eigenvalue weighted by atomic mass is 10.1. The van der Waals surface area contributed by atoms with E-state index in [9.17, 15) is 9.59 Å². The summed E-state index contributed by atoms with van der Waals surface area (Å²) in [5.74, 6) is 0.991. The molecular formula is C17H24ClN3O3. The highest BCUT2D eigenvalue weighted by molar-refractivity contribution is 5.85. The number of ether oxygens (including phenoxy) is 1. The number of nitrogens with one attached hydrogen (secondary N) is 2. The fourth-order valence-corrected chi connectivity index (χ4v) is 3.07. The minimum Gasteiger partial charge on any atom is -0.492 e. The summed E-state index contributed by atoms with van der Waals surface area (Å²) in [4.78, 5) is 25.9. The van der Waals surface area contributed by atoms with Gasteiger partial charge >= 0.3 is 0 Å². The Balaban J connectivity index is 0.00000208. The number of nitrogens with zero attached hydrogens (tertiary/aromatic N) is 1. The molecule has 2 saturated heterocycles. The van der Waals surface area contributed by atoms with Crippen LogP contribution in [-0.4, -0.2) is 55.5 Å². The van der Waals surface area contributed by atoms with Crippen molar-refractivity contribution in [1.29, 1.82) is 0 Å². The van der Waals surface area contributed by atoms with E-state index >= 15 is 0 Å². The molecule has 0 aromatic heterocycles. The van der Waals surface area contributed by atoms with Gasteiger partial charge in [0, 0.05) is 19.5 Å². The number of hydrogen-bond acceptors (Lipinski definition) is 4. The van der Waals surface area contributed by atoms with Crippen LogP contribution in [0.25, 0.3) is 0 Å². The average molecular weight is 354 g/mol. The molecule has 2 N–H and O–H groups in total. The predicted octanol–water partition coefficient (Wildman–Crippen LogP) is 0.814. The zero-order chi connectivity index (χ0) is 16.1. The van der Waals surface area contributed by atoms with Crippen molar-refractivity contribution in [1.82, 2.24) is 15.5 Å². The quantitative estimate of drug-likeness (QED) is 0.794. The van der Waals surface area contributed by atoms with Crippen molar-refractivity contribution in [3.63, 3.8) is 0 Å². The number of hydrogen-bond donors (Lipinski definition) is 2. The van der Waals surface area contributed by atoms with Crippen LogP contribution in [0.4, 0.5) is 0 Å². The van der Waals surface area contributed by atoms with Crippen molar-refractivity contribution in [3.05, 3.63) is 30.3 Å². The minimum atomic E-state index is -0.0766. The third-order valence-corrected chi connectivity index (χ3v) is 4.37. The first-order valence-electron chi connectivity index (χ1n) is 8.19. The Labute approximate surface area is 148 Å². The number of para-hydroxylation sites is 1. The van der Waals surface area contributed by atoms with Gasteiger partial charge in [-0.2, -0.15) is 0 Å². The van der Waals surface area contributed by atoms with Crippen LogP contribution in [0.2, 0.25) is 0 Å². The normalized spacial score (nSPS) is 23.0. The van der Waals surface area contributed by atoms with Gasteiger partial charge in [0.15, 0.2) is 0 Å². The van der Waals surface area contributed by atoms with E-state index < -0.39 is 0 Å². The van der Waals surface area contributed by atoms with Gasteiger partial charge in [-0.05, 0) is 25.1 Å². The lowest BCUT2D eigenvalue weighted by Gasteiger charge is -2.18. The summed E-state index contributed by atoms with van der Waals surface area (Å²) in [6.45, 7) is 3.21. The molecule has 0 saturated carbocycles. The molecule has 1 aromatic carbocycles. The largest absolute Gasteiger partial charge is 0.492 e. The molecule has 2 heterocycles. The second kappa shape index (κ2) is 8.89. The molecule has 0 radical (unpaired) electrons. The van der Waals surface area contributed by atoms with Gasteiger partial charge in [-0.25, -0.2) is 0 Å². The Morgan fingerprint density at radius 1 is 1.33 bits per heavy atom. The first kappa shape index (κ1) is 18.5. The van der Waals surface area contributed by atoms with Gasteiger partial charge in [-0.1, -0.05) is 18.2 Å². The molecule has 2 aliphatic heterocycles. The van der Waals surface area contributed by atoms with Gasteiger partial charge in [0.05, 0.1) is 18.5 Å². The van der Waals surface area contributed by atoms with Crippen LogP contribution in [0.5, 0.6) is 5.75 Å². The van der Waals surface area contributed by atoms with Crippen LogP contribution < -0.4 is 15.4 Å². The first-order valence-corrected chi connectivity index (χ1v) is 8.19. The number of halogens is 1. The van der Waals surface area contributed by atoms with E-state index in [1.165, 1.54) is 0 Å². The van der Waals surface area contributed by atoms with Crippen LogP contribution in [0.15, 0.2) is 30.3 Å². The lowest BCUT2D eigenvalue weighted by Crippen LogP contribution is -2.41. The Hall–Kier alpha value is -1.79. The highest BCUT2D eigenvalue weighted by Gasteiger charge is 2.32. The van der Waals surface area contributed by atoms with Gasteiger partial charge in [-0.3, -0.25) is 9.59 Å². The maximum atomic E-state index is 12.1. The monoisotopic (exact) mass is 353 g/mol. The summed E-state index contributed by atoms with van der Waals surface area (Å²) in [5.41, 5.74) is 0. The zero-order valence-electron chi connectivity index (χ0n) is 13.6. The van der Waals surface area contributed by atoms with E-state index in [0.717, 1.165) is 25.3 Å².